The SMILES string of the molecule is Cn1cc(C2CCN(CCCN3CCC(c4ccccc4)CC3)CC2)c2ccccc21. The molecule has 3 aromatic rings. The van der Waals surface area contributed by atoms with Gasteiger partial charge in [-0.05, 0) is 100 Å². The van der Waals surface area contributed by atoms with Crippen molar-refractivity contribution in [1.29, 1.82) is 0 Å². The summed E-state index contributed by atoms with van der Waals surface area (Å²) in [5.41, 5.74) is 4.48. The van der Waals surface area contributed by atoms with Gasteiger partial charge in [-0.2, -0.15) is 0 Å². The Hall–Kier alpha value is -2.10. The molecule has 2 aliphatic rings. The van der Waals surface area contributed by atoms with Crippen LogP contribution in [-0.2, 0) is 7.05 Å². The summed E-state index contributed by atoms with van der Waals surface area (Å²) < 4.78 is 2.30. The Bertz CT molecular complexity index is 960. The third kappa shape index (κ3) is 4.73. The Morgan fingerprint density at radius 1 is 0.710 bits per heavy atom. The van der Waals surface area contributed by atoms with Crippen LogP contribution in [0, 0.1) is 0 Å². The van der Waals surface area contributed by atoms with Crippen LogP contribution in [0.5, 0.6) is 0 Å². The van der Waals surface area contributed by atoms with Gasteiger partial charge in [-0.15, -0.1) is 0 Å². The topological polar surface area (TPSA) is 11.4 Å². The number of hydrogen-bond acceptors (Lipinski definition) is 2. The molecule has 3 heterocycles. The molecule has 0 spiro atoms. The maximum Gasteiger partial charge on any atom is 0.0480 e. The van der Waals surface area contributed by atoms with E-state index in [-0.39, 0.29) is 0 Å². The molecular formula is C28H37N3. The lowest BCUT2D eigenvalue weighted by molar-refractivity contribution is 0.175. The van der Waals surface area contributed by atoms with Crippen LogP contribution in [0.4, 0.5) is 0 Å². The summed E-state index contributed by atoms with van der Waals surface area (Å²) in [6.07, 6.45) is 8.94. The second kappa shape index (κ2) is 9.58. The summed E-state index contributed by atoms with van der Waals surface area (Å²) >= 11 is 0. The van der Waals surface area contributed by atoms with Crippen LogP contribution in [0.2, 0.25) is 0 Å². The number of benzene rings is 2. The molecule has 0 N–H and O–H groups in total. The molecule has 0 saturated carbocycles. The third-order valence-corrected chi connectivity index (χ3v) is 7.76. The van der Waals surface area contributed by atoms with Crippen molar-refractivity contribution in [3.63, 3.8) is 0 Å². The van der Waals surface area contributed by atoms with E-state index in [1.54, 1.807) is 5.56 Å². The van der Waals surface area contributed by atoms with Crippen molar-refractivity contribution in [2.75, 3.05) is 39.3 Å². The summed E-state index contributed by atoms with van der Waals surface area (Å²) in [5, 5.41) is 1.46. The normalized spacial score (nSPS) is 19.9. The molecule has 1 aromatic heterocycles. The van der Waals surface area contributed by atoms with Crippen LogP contribution in [0.25, 0.3) is 10.9 Å². The predicted molar refractivity (Wildman–Crippen MR) is 131 cm³/mol. The Balaban J connectivity index is 1.04. The predicted octanol–water partition coefficient (Wildman–Crippen LogP) is 5.63. The number of aryl methyl sites for hydroxylation is 1. The molecule has 2 aliphatic heterocycles. The fraction of sp³-hybridized carbons (Fsp3) is 0.500. The van der Waals surface area contributed by atoms with Gasteiger partial charge < -0.3 is 14.4 Å². The van der Waals surface area contributed by atoms with Crippen molar-refractivity contribution in [3.8, 4) is 0 Å². The second-order valence-electron chi connectivity index (χ2n) is 9.71. The van der Waals surface area contributed by atoms with Crippen LogP contribution < -0.4 is 0 Å². The van der Waals surface area contributed by atoms with Crippen LogP contribution in [0.15, 0.2) is 60.8 Å². The molecule has 5 rings (SSSR count). The lowest BCUT2D eigenvalue weighted by Gasteiger charge is -2.34. The van der Waals surface area contributed by atoms with E-state index in [4.69, 9.17) is 0 Å². The zero-order chi connectivity index (χ0) is 21.0. The molecule has 0 atom stereocenters. The Kier molecular flexibility index (Phi) is 6.42. The molecule has 2 saturated heterocycles. The molecule has 2 fully saturated rings. The molecule has 0 radical (unpaired) electrons. The molecular weight excluding hydrogens is 378 g/mol. The van der Waals surface area contributed by atoms with Gasteiger partial charge in [0.2, 0.25) is 0 Å². The van der Waals surface area contributed by atoms with Crippen molar-refractivity contribution < 1.29 is 0 Å². The van der Waals surface area contributed by atoms with E-state index in [1.807, 2.05) is 0 Å². The van der Waals surface area contributed by atoms with Gasteiger partial charge in [0.15, 0.2) is 0 Å². The number of hydrogen-bond donors (Lipinski definition) is 0. The number of aromatic nitrogens is 1. The van der Waals surface area contributed by atoms with Gasteiger partial charge in [0, 0.05) is 24.1 Å². The highest BCUT2D eigenvalue weighted by atomic mass is 15.2. The molecule has 3 nitrogen and oxygen atoms in total. The molecule has 31 heavy (non-hydrogen) atoms. The van der Waals surface area contributed by atoms with Gasteiger partial charge in [0.1, 0.15) is 0 Å². The number of nitrogens with zero attached hydrogens (tertiary/aromatic N) is 3. The molecule has 2 aromatic carbocycles. The second-order valence-corrected chi connectivity index (χ2v) is 9.71. The van der Waals surface area contributed by atoms with E-state index in [0.29, 0.717) is 0 Å². The van der Waals surface area contributed by atoms with Gasteiger partial charge in [-0.1, -0.05) is 48.5 Å². The molecule has 164 valence electrons. The van der Waals surface area contributed by atoms with E-state index in [2.05, 4.69) is 82.2 Å². The van der Waals surface area contributed by atoms with Crippen molar-refractivity contribution in [2.45, 2.75) is 43.9 Å². The first kappa shape index (κ1) is 20.8. The van der Waals surface area contributed by atoms with E-state index in [9.17, 15) is 0 Å². The van der Waals surface area contributed by atoms with E-state index < -0.39 is 0 Å². The number of rotatable bonds is 6. The number of piperidine rings is 2. The van der Waals surface area contributed by atoms with Gasteiger partial charge in [0.05, 0.1) is 0 Å². The quantitative estimate of drug-likeness (QED) is 0.517. The van der Waals surface area contributed by atoms with Crippen LogP contribution >= 0.6 is 0 Å². The molecule has 0 aliphatic carbocycles. The summed E-state index contributed by atoms with van der Waals surface area (Å²) in [4.78, 5) is 5.40. The average molecular weight is 416 g/mol. The van der Waals surface area contributed by atoms with Crippen molar-refractivity contribution in [2.24, 2.45) is 7.05 Å². The minimum absolute atomic E-state index is 0.722. The Labute approximate surface area is 187 Å². The number of likely N-dealkylation sites (tertiary alicyclic amines) is 2. The molecule has 0 amide bonds. The third-order valence-electron chi connectivity index (χ3n) is 7.76. The lowest BCUT2D eigenvalue weighted by atomic mass is 9.89. The van der Waals surface area contributed by atoms with Crippen LogP contribution in [0.3, 0.4) is 0 Å². The summed E-state index contributed by atoms with van der Waals surface area (Å²) in [7, 11) is 2.18. The minimum Gasteiger partial charge on any atom is -0.350 e. The van der Waals surface area contributed by atoms with Crippen LogP contribution in [0.1, 0.15) is 55.1 Å². The van der Waals surface area contributed by atoms with Gasteiger partial charge >= 0.3 is 0 Å². The first-order valence-corrected chi connectivity index (χ1v) is 12.3. The largest absolute Gasteiger partial charge is 0.350 e. The summed E-state index contributed by atoms with van der Waals surface area (Å²) in [6.45, 7) is 7.57. The molecule has 0 unspecified atom stereocenters. The zero-order valence-electron chi connectivity index (χ0n) is 19.0. The first-order valence-electron chi connectivity index (χ1n) is 12.3. The van der Waals surface area contributed by atoms with Crippen LogP contribution in [-0.4, -0.2) is 53.6 Å². The molecule has 3 heteroatoms. The highest BCUT2D eigenvalue weighted by Gasteiger charge is 2.24. The van der Waals surface area contributed by atoms with Crippen molar-refractivity contribution >= 4 is 10.9 Å². The van der Waals surface area contributed by atoms with E-state index in [0.717, 1.165) is 11.8 Å². The lowest BCUT2D eigenvalue weighted by Crippen LogP contribution is -2.37. The van der Waals surface area contributed by atoms with Crippen molar-refractivity contribution in [1.82, 2.24) is 14.4 Å². The molecule has 0 bridgehead atoms. The summed E-state index contributed by atoms with van der Waals surface area (Å²) in [6, 6.07) is 20.0. The number of para-hydroxylation sites is 1. The Morgan fingerprint density at radius 3 is 1.97 bits per heavy atom. The highest BCUT2D eigenvalue weighted by molar-refractivity contribution is 5.84. The zero-order valence-corrected chi connectivity index (χ0v) is 19.0. The maximum atomic E-state index is 2.71. The van der Waals surface area contributed by atoms with Crippen molar-refractivity contribution in [3.05, 3.63) is 71.9 Å². The highest BCUT2D eigenvalue weighted by Crippen LogP contribution is 2.34. The fourth-order valence-corrected chi connectivity index (χ4v) is 5.90. The number of fused-ring (bicyclic) bond motifs is 1. The fourth-order valence-electron chi connectivity index (χ4n) is 5.90. The van der Waals surface area contributed by atoms with Gasteiger partial charge in [-0.25, -0.2) is 0 Å². The van der Waals surface area contributed by atoms with Gasteiger partial charge in [-0.3, -0.25) is 0 Å². The maximum absolute atomic E-state index is 2.71. The first-order chi connectivity index (χ1) is 15.3. The minimum atomic E-state index is 0.722. The monoisotopic (exact) mass is 415 g/mol. The van der Waals surface area contributed by atoms with E-state index in [1.165, 1.54) is 87.8 Å². The van der Waals surface area contributed by atoms with E-state index >= 15 is 0 Å². The Morgan fingerprint density at radius 2 is 1.29 bits per heavy atom. The smallest absolute Gasteiger partial charge is 0.0480 e. The average Bonchev–Trinajstić information content (AvgIpc) is 3.17. The summed E-state index contributed by atoms with van der Waals surface area (Å²) in [5.74, 6) is 1.49. The van der Waals surface area contributed by atoms with Gasteiger partial charge in [0.25, 0.3) is 0 Å². The standard InChI is InChI=1S/C28H37N3/c1-29-22-27(26-10-5-6-11-28(26)29)25-14-20-31(21-15-25)17-7-16-30-18-12-24(13-19-30)23-8-3-2-4-9-23/h2-6,8-11,22,24-25H,7,12-21H2,1H3.